The molecular weight excluding hydrogens is 382 g/mol. The Labute approximate surface area is 171 Å². The quantitative estimate of drug-likeness (QED) is 0.820. The van der Waals surface area contributed by atoms with Gasteiger partial charge < -0.3 is 15.4 Å². The van der Waals surface area contributed by atoms with E-state index in [1.807, 2.05) is 48.4 Å². The standard InChI is InChI=1S/C20H27N3O2S.ClH/c1-13(2)25-15-7-5-14(6-8-15)18-22-16(11-26-18)19(24)23-10-9-17(21)20(3,4)12-23;/h5-8,11,13,17H,9-10,12,21H2,1-4H3;1H. The van der Waals surface area contributed by atoms with Gasteiger partial charge in [0.25, 0.3) is 5.91 Å². The highest BCUT2D eigenvalue weighted by molar-refractivity contribution is 7.13. The first-order valence-corrected chi connectivity index (χ1v) is 9.92. The maximum absolute atomic E-state index is 12.8. The zero-order valence-electron chi connectivity index (χ0n) is 16.3. The summed E-state index contributed by atoms with van der Waals surface area (Å²) in [6.07, 6.45) is 0.972. The number of thiazole rings is 1. The molecule has 7 heteroatoms. The molecule has 0 saturated carbocycles. The van der Waals surface area contributed by atoms with Gasteiger partial charge in [-0.25, -0.2) is 4.98 Å². The summed E-state index contributed by atoms with van der Waals surface area (Å²) in [5.41, 5.74) is 7.61. The monoisotopic (exact) mass is 409 g/mol. The van der Waals surface area contributed by atoms with Crippen molar-refractivity contribution in [2.45, 2.75) is 46.3 Å². The Morgan fingerprint density at radius 3 is 2.59 bits per heavy atom. The van der Waals surface area contributed by atoms with Crippen LogP contribution in [0, 0.1) is 5.41 Å². The number of amides is 1. The molecule has 1 saturated heterocycles. The molecule has 1 aliphatic heterocycles. The SMILES string of the molecule is CC(C)Oc1ccc(-c2nc(C(=O)N3CCC(N)C(C)(C)C3)cs2)cc1.Cl. The van der Waals surface area contributed by atoms with E-state index in [0.717, 1.165) is 22.7 Å². The van der Waals surface area contributed by atoms with Crippen molar-refractivity contribution in [3.63, 3.8) is 0 Å². The van der Waals surface area contributed by atoms with Gasteiger partial charge in [-0.2, -0.15) is 0 Å². The lowest BCUT2D eigenvalue weighted by molar-refractivity contribution is 0.0528. The summed E-state index contributed by atoms with van der Waals surface area (Å²) in [5.74, 6) is 0.829. The van der Waals surface area contributed by atoms with Gasteiger partial charge in [-0.15, -0.1) is 23.7 Å². The van der Waals surface area contributed by atoms with Crippen LogP contribution in [0.25, 0.3) is 10.6 Å². The first-order valence-electron chi connectivity index (χ1n) is 9.04. The van der Waals surface area contributed by atoms with E-state index < -0.39 is 0 Å². The molecule has 3 rings (SSSR count). The molecule has 1 aromatic carbocycles. The zero-order valence-corrected chi connectivity index (χ0v) is 17.9. The van der Waals surface area contributed by atoms with Gasteiger partial charge >= 0.3 is 0 Å². The highest BCUT2D eigenvalue weighted by atomic mass is 35.5. The molecule has 0 aliphatic carbocycles. The zero-order chi connectivity index (χ0) is 18.9. The van der Waals surface area contributed by atoms with E-state index in [9.17, 15) is 4.79 Å². The molecule has 1 fully saturated rings. The maximum atomic E-state index is 12.8. The van der Waals surface area contributed by atoms with Crippen molar-refractivity contribution in [1.82, 2.24) is 9.88 Å². The topological polar surface area (TPSA) is 68.5 Å². The number of nitrogens with two attached hydrogens (primary N) is 1. The van der Waals surface area contributed by atoms with Crippen molar-refractivity contribution in [2.24, 2.45) is 11.1 Å². The van der Waals surface area contributed by atoms with Crippen molar-refractivity contribution in [3.8, 4) is 16.3 Å². The third-order valence-corrected chi connectivity index (χ3v) is 5.69. The summed E-state index contributed by atoms with van der Waals surface area (Å²) in [4.78, 5) is 19.3. The number of piperidine rings is 1. The van der Waals surface area contributed by atoms with Gasteiger partial charge in [0.1, 0.15) is 16.5 Å². The van der Waals surface area contributed by atoms with Crippen LogP contribution in [0.2, 0.25) is 0 Å². The molecule has 1 aromatic heterocycles. The van der Waals surface area contributed by atoms with Crippen LogP contribution >= 0.6 is 23.7 Å². The highest BCUT2D eigenvalue weighted by Gasteiger charge is 2.36. The molecule has 148 valence electrons. The van der Waals surface area contributed by atoms with Gasteiger partial charge in [0.15, 0.2) is 0 Å². The fourth-order valence-electron chi connectivity index (χ4n) is 3.16. The number of nitrogens with zero attached hydrogens (tertiary/aromatic N) is 2. The second-order valence-corrected chi connectivity index (χ2v) is 8.70. The summed E-state index contributed by atoms with van der Waals surface area (Å²) < 4.78 is 5.67. The average Bonchev–Trinajstić information content (AvgIpc) is 3.07. The number of likely N-dealkylation sites (tertiary alicyclic amines) is 1. The number of ether oxygens (including phenoxy) is 1. The summed E-state index contributed by atoms with van der Waals surface area (Å²) >= 11 is 1.49. The molecule has 0 spiro atoms. The number of rotatable bonds is 4. The number of hydrogen-bond donors (Lipinski definition) is 1. The fourth-order valence-corrected chi connectivity index (χ4v) is 3.96. The molecule has 2 aromatic rings. The minimum absolute atomic E-state index is 0. The molecule has 2 N–H and O–H groups in total. The van der Waals surface area contributed by atoms with E-state index in [4.69, 9.17) is 10.5 Å². The molecule has 1 amide bonds. The van der Waals surface area contributed by atoms with Crippen LogP contribution in [0.3, 0.4) is 0 Å². The molecule has 5 nitrogen and oxygen atoms in total. The Bertz CT molecular complexity index is 774. The van der Waals surface area contributed by atoms with Gasteiger partial charge in [-0.1, -0.05) is 13.8 Å². The third-order valence-electron chi connectivity index (χ3n) is 4.80. The average molecular weight is 410 g/mol. The first kappa shape index (κ1) is 21.7. The maximum Gasteiger partial charge on any atom is 0.273 e. The minimum atomic E-state index is -0.0704. The Hall–Kier alpha value is -1.63. The number of benzene rings is 1. The fraction of sp³-hybridized carbons (Fsp3) is 0.500. The predicted octanol–water partition coefficient (Wildman–Crippen LogP) is 4.22. The van der Waals surface area contributed by atoms with Crippen LogP contribution < -0.4 is 10.5 Å². The second kappa shape index (κ2) is 8.59. The number of hydrogen-bond acceptors (Lipinski definition) is 5. The van der Waals surface area contributed by atoms with Crippen molar-refractivity contribution >= 4 is 29.7 Å². The van der Waals surface area contributed by atoms with E-state index in [2.05, 4.69) is 18.8 Å². The number of carbonyl (C=O) groups excluding carboxylic acids is 1. The first-order chi connectivity index (χ1) is 12.3. The van der Waals surface area contributed by atoms with Crippen molar-refractivity contribution in [3.05, 3.63) is 35.3 Å². The van der Waals surface area contributed by atoms with Crippen molar-refractivity contribution in [1.29, 1.82) is 0 Å². The molecule has 1 unspecified atom stereocenters. The second-order valence-electron chi connectivity index (χ2n) is 7.84. The van der Waals surface area contributed by atoms with Gasteiger partial charge in [0.05, 0.1) is 6.10 Å². The lowest BCUT2D eigenvalue weighted by Crippen LogP contribution is -2.54. The largest absolute Gasteiger partial charge is 0.491 e. The molecule has 0 radical (unpaired) electrons. The van der Waals surface area contributed by atoms with Gasteiger partial charge in [-0.3, -0.25) is 4.79 Å². The van der Waals surface area contributed by atoms with E-state index >= 15 is 0 Å². The Morgan fingerprint density at radius 1 is 1.33 bits per heavy atom. The summed E-state index contributed by atoms with van der Waals surface area (Å²) in [7, 11) is 0. The van der Waals surface area contributed by atoms with Gasteiger partial charge in [0, 0.05) is 30.1 Å². The minimum Gasteiger partial charge on any atom is -0.491 e. The third kappa shape index (κ3) is 5.00. The smallest absolute Gasteiger partial charge is 0.273 e. The van der Waals surface area contributed by atoms with Crippen LogP contribution in [0.15, 0.2) is 29.6 Å². The number of aromatic nitrogens is 1. The van der Waals surface area contributed by atoms with Gasteiger partial charge in [-0.05, 0) is 49.9 Å². The van der Waals surface area contributed by atoms with E-state index in [1.165, 1.54) is 11.3 Å². The van der Waals surface area contributed by atoms with Crippen LogP contribution in [0.5, 0.6) is 5.75 Å². The Morgan fingerprint density at radius 2 is 2.00 bits per heavy atom. The van der Waals surface area contributed by atoms with Crippen molar-refractivity contribution in [2.75, 3.05) is 13.1 Å². The lowest BCUT2D eigenvalue weighted by atomic mass is 9.79. The molecular formula is C20H28ClN3O2S. The predicted molar refractivity (Wildman–Crippen MR) is 113 cm³/mol. The summed E-state index contributed by atoms with van der Waals surface area (Å²) in [5, 5.41) is 2.69. The van der Waals surface area contributed by atoms with Crippen LogP contribution in [-0.4, -0.2) is 41.0 Å². The van der Waals surface area contributed by atoms with E-state index in [1.54, 1.807) is 0 Å². The number of halogens is 1. The van der Waals surface area contributed by atoms with E-state index in [0.29, 0.717) is 18.8 Å². The molecule has 1 aliphatic rings. The number of carbonyl (C=O) groups is 1. The highest BCUT2D eigenvalue weighted by Crippen LogP contribution is 2.30. The van der Waals surface area contributed by atoms with Gasteiger partial charge in [0.2, 0.25) is 0 Å². The van der Waals surface area contributed by atoms with Crippen LogP contribution in [0.1, 0.15) is 44.6 Å². The Balaban J connectivity index is 0.00000261. The van der Waals surface area contributed by atoms with E-state index in [-0.39, 0.29) is 35.9 Å². The molecule has 1 atom stereocenters. The van der Waals surface area contributed by atoms with Crippen LogP contribution in [-0.2, 0) is 0 Å². The molecule has 27 heavy (non-hydrogen) atoms. The molecule has 2 heterocycles. The lowest BCUT2D eigenvalue weighted by Gasteiger charge is -2.42. The summed E-state index contributed by atoms with van der Waals surface area (Å²) in [6.45, 7) is 9.59. The summed E-state index contributed by atoms with van der Waals surface area (Å²) in [6, 6.07) is 7.96. The van der Waals surface area contributed by atoms with Crippen molar-refractivity contribution < 1.29 is 9.53 Å². The normalized spacial score (nSPS) is 18.9. The Kier molecular flexibility index (Phi) is 6.89. The molecule has 0 bridgehead atoms. The van der Waals surface area contributed by atoms with Crippen LogP contribution in [0.4, 0.5) is 0 Å².